The van der Waals surface area contributed by atoms with Crippen molar-refractivity contribution in [3.8, 4) is 0 Å². The summed E-state index contributed by atoms with van der Waals surface area (Å²) in [5.74, 6) is 0.959. The molecule has 2 aromatic carbocycles. The lowest BCUT2D eigenvalue weighted by atomic mass is 9.96. The maximum atomic E-state index is 12.6. The number of hydrogen-bond donors (Lipinski definition) is 2. The number of nitrogens with one attached hydrogen (secondary N) is 2. The molecule has 0 atom stereocenters. The summed E-state index contributed by atoms with van der Waals surface area (Å²) >= 11 is 1.72. The predicted octanol–water partition coefficient (Wildman–Crippen LogP) is 3.71. The molecule has 142 valence electrons. The summed E-state index contributed by atoms with van der Waals surface area (Å²) in [5.41, 5.74) is 2.97. The molecule has 1 aliphatic rings. The van der Waals surface area contributed by atoms with Crippen molar-refractivity contribution in [1.82, 2.24) is 20.3 Å². The van der Waals surface area contributed by atoms with E-state index in [1.165, 1.54) is 4.70 Å². The minimum Gasteiger partial charge on any atom is -0.349 e. The Kier molecular flexibility index (Phi) is 4.44. The highest BCUT2D eigenvalue weighted by molar-refractivity contribution is 7.22. The number of H-pyrrole nitrogens is 1. The van der Waals surface area contributed by atoms with Gasteiger partial charge in [-0.2, -0.15) is 0 Å². The maximum Gasteiger partial charge on any atom is 0.223 e. The van der Waals surface area contributed by atoms with Crippen molar-refractivity contribution in [1.29, 1.82) is 0 Å². The van der Waals surface area contributed by atoms with E-state index in [1.807, 2.05) is 42.5 Å². The summed E-state index contributed by atoms with van der Waals surface area (Å²) in [5, 5.41) is 4.10. The van der Waals surface area contributed by atoms with E-state index in [0.717, 1.165) is 53.4 Å². The number of rotatable bonds is 4. The predicted molar refractivity (Wildman–Crippen MR) is 112 cm³/mol. The Morgan fingerprint density at radius 3 is 2.61 bits per heavy atom. The second-order valence-electron chi connectivity index (χ2n) is 7.14. The van der Waals surface area contributed by atoms with Gasteiger partial charge < -0.3 is 15.2 Å². The Morgan fingerprint density at radius 2 is 1.82 bits per heavy atom. The number of nitrogens with zero attached hydrogens (tertiary/aromatic N) is 3. The van der Waals surface area contributed by atoms with Gasteiger partial charge in [0.05, 0.1) is 27.8 Å². The van der Waals surface area contributed by atoms with Crippen molar-refractivity contribution in [2.75, 3.05) is 18.0 Å². The van der Waals surface area contributed by atoms with E-state index in [1.54, 1.807) is 11.3 Å². The summed E-state index contributed by atoms with van der Waals surface area (Å²) in [6.07, 6.45) is 1.70. The van der Waals surface area contributed by atoms with Crippen LogP contribution in [-0.2, 0) is 11.3 Å². The maximum absolute atomic E-state index is 12.6. The van der Waals surface area contributed by atoms with Gasteiger partial charge in [0, 0.05) is 19.0 Å². The van der Waals surface area contributed by atoms with Crippen LogP contribution in [0.25, 0.3) is 21.3 Å². The molecule has 1 fully saturated rings. The molecular formula is C21H21N5OS. The standard InChI is InChI=1S/C21H21N5OS/c27-20(22-13-19-23-15-5-1-2-6-16(15)24-19)14-9-11-26(12-10-14)21-25-17-7-3-4-8-18(17)28-21/h1-8,14H,9-13H2,(H,22,27)(H,23,24). The first-order valence-corrected chi connectivity index (χ1v) is 10.4. The number of thiazole rings is 1. The van der Waals surface area contributed by atoms with Gasteiger partial charge in [-0.15, -0.1) is 0 Å². The molecule has 0 radical (unpaired) electrons. The third-order valence-electron chi connectivity index (χ3n) is 5.29. The molecular weight excluding hydrogens is 370 g/mol. The summed E-state index contributed by atoms with van der Waals surface area (Å²) in [4.78, 5) is 27.4. The summed E-state index contributed by atoms with van der Waals surface area (Å²) < 4.78 is 1.21. The zero-order valence-electron chi connectivity index (χ0n) is 15.4. The molecule has 5 rings (SSSR count). The summed E-state index contributed by atoms with van der Waals surface area (Å²) in [6, 6.07) is 16.1. The molecule has 1 amide bonds. The third kappa shape index (κ3) is 3.33. The van der Waals surface area contributed by atoms with Crippen LogP contribution in [0.2, 0.25) is 0 Å². The summed E-state index contributed by atoms with van der Waals surface area (Å²) in [6.45, 7) is 2.16. The fraction of sp³-hybridized carbons (Fsp3) is 0.286. The van der Waals surface area contributed by atoms with Crippen LogP contribution < -0.4 is 10.2 Å². The van der Waals surface area contributed by atoms with Gasteiger partial charge in [-0.3, -0.25) is 4.79 Å². The highest BCUT2D eigenvalue weighted by atomic mass is 32.1. The molecule has 0 aliphatic carbocycles. The van der Waals surface area contributed by atoms with Crippen molar-refractivity contribution < 1.29 is 4.79 Å². The zero-order chi connectivity index (χ0) is 18.9. The topological polar surface area (TPSA) is 73.9 Å². The van der Waals surface area contributed by atoms with E-state index < -0.39 is 0 Å². The Balaban J connectivity index is 1.17. The van der Waals surface area contributed by atoms with E-state index in [9.17, 15) is 4.79 Å². The lowest BCUT2D eigenvalue weighted by molar-refractivity contribution is -0.125. The average Bonchev–Trinajstić information content (AvgIpc) is 3.35. The van der Waals surface area contributed by atoms with Crippen molar-refractivity contribution in [3.05, 3.63) is 54.4 Å². The lowest BCUT2D eigenvalue weighted by Crippen LogP contribution is -2.40. The van der Waals surface area contributed by atoms with E-state index in [0.29, 0.717) is 6.54 Å². The van der Waals surface area contributed by atoms with Gasteiger partial charge in [-0.1, -0.05) is 35.6 Å². The normalized spacial score (nSPS) is 15.4. The molecule has 0 saturated carbocycles. The Bertz CT molecular complexity index is 1060. The largest absolute Gasteiger partial charge is 0.349 e. The monoisotopic (exact) mass is 391 g/mol. The quantitative estimate of drug-likeness (QED) is 0.556. The van der Waals surface area contributed by atoms with Crippen molar-refractivity contribution in [2.24, 2.45) is 5.92 Å². The lowest BCUT2D eigenvalue weighted by Gasteiger charge is -2.30. The van der Waals surface area contributed by atoms with Crippen LogP contribution >= 0.6 is 11.3 Å². The Labute approximate surface area is 166 Å². The molecule has 2 aromatic heterocycles. The van der Waals surface area contributed by atoms with Crippen LogP contribution in [0.1, 0.15) is 18.7 Å². The van der Waals surface area contributed by atoms with Crippen molar-refractivity contribution in [2.45, 2.75) is 19.4 Å². The van der Waals surface area contributed by atoms with Gasteiger partial charge in [0.1, 0.15) is 5.82 Å². The average molecular weight is 392 g/mol. The number of hydrogen-bond acceptors (Lipinski definition) is 5. The second kappa shape index (κ2) is 7.24. The molecule has 0 spiro atoms. The molecule has 6 nitrogen and oxygen atoms in total. The first-order valence-electron chi connectivity index (χ1n) is 9.58. The molecule has 3 heterocycles. The second-order valence-corrected chi connectivity index (χ2v) is 8.15. The number of imidazole rings is 1. The van der Waals surface area contributed by atoms with Gasteiger partial charge >= 0.3 is 0 Å². The van der Waals surface area contributed by atoms with Gasteiger partial charge in [0.25, 0.3) is 0 Å². The Morgan fingerprint density at radius 1 is 1.07 bits per heavy atom. The van der Waals surface area contributed by atoms with Crippen LogP contribution in [0.5, 0.6) is 0 Å². The molecule has 28 heavy (non-hydrogen) atoms. The first-order chi connectivity index (χ1) is 13.8. The van der Waals surface area contributed by atoms with Crippen LogP contribution in [0, 0.1) is 5.92 Å². The minimum atomic E-state index is 0.0509. The van der Waals surface area contributed by atoms with E-state index in [4.69, 9.17) is 4.98 Å². The number of anilines is 1. The smallest absolute Gasteiger partial charge is 0.223 e. The molecule has 0 bridgehead atoms. The fourth-order valence-electron chi connectivity index (χ4n) is 3.73. The molecule has 0 unspecified atom stereocenters. The number of para-hydroxylation sites is 3. The van der Waals surface area contributed by atoms with Gasteiger partial charge in [-0.25, -0.2) is 9.97 Å². The number of aromatic amines is 1. The van der Waals surface area contributed by atoms with Crippen LogP contribution in [-0.4, -0.2) is 33.9 Å². The van der Waals surface area contributed by atoms with Crippen LogP contribution in [0.15, 0.2) is 48.5 Å². The van der Waals surface area contributed by atoms with E-state index >= 15 is 0 Å². The van der Waals surface area contributed by atoms with E-state index in [2.05, 4.69) is 26.3 Å². The summed E-state index contributed by atoms with van der Waals surface area (Å²) in [7, 11) is 0. The highest BCUT2D eigenvalue weighted by Crippen LogP contribution is 2.31. The molecule has 2 N–H and O–H groups in total. The number of benzene rings is 2. The number of aromatic nitrogens is 3. The SMILES string of the molecule is O=C(NCc1nc2ccccc2[nH]1)C1CCN(c2nc3ccccc3s2)CC1. The van der Waals surface area contributed by atoms with Crippen LogP contribution in [0.3, 0.4) is 0 Å². The highest BCUT2D eigenvalue weighted by Gasteiger charge is 2.26. The number of piperidine rings is 1. The first kappa shape index (κ1) is 17.2. The zero-order valence-corrected chi connectivity index (χ0v) is 16.2. The van der Waals surface area contributed by atoms with Crippen LogP contribution in [0.4, 0.5) is 5.13 Å². The van der Waals surface area contributed by atoms with Gasteiger partial charge in [0.15, 0.2) is 5.13 Å². The number of fused-ring (bicyclic) bond motifs is 2. The van der Waals surface area contributed by atoms with Gasteiger partial charge in [0.2, 0.25) is 5.91 Å². The van der Waals surface area contributed by atoms with E-state index in [-0.39, 0.29) is 11.8 Å². The van der Waals surface area contributed by atoms with Crippen molar-refractivity contribution in [3.63, 3.8) is 0 Å². The fourth-order valence-corrected chi connectivity index (χ4v) is 4.75. The molecule has 7 heteroatoms. The molecule has 1 aliphatic heterocycles. The minimum absolute atomic E-state index is 0.0509. The van der Waals surface area contributed by atoms with Gasteiger partial charge in [-0.05, 0) is 37.1 Å². The Hall–Kier alpha value is -2.93. The number of carbonyl (C=O) groups is 1. The molecule has 4 aromatic rings. The number of amides is 1. The third-order valence-corrected chi connectivity index (χ3v) is 6.38. The van der Waals surface area contributed by atoms with Crippen molar-refractivity contribution >= 4 is 43.6 Å². The molecule has 1 saturated heterocycles. The number of carbonyl (C=O) groups excluding carboxylic acids is 1.